The first-order valence-electron chi connectivity index (χ1n) is 5.50. The summed E-state index contributed by atoms with van der Waals surface area (Å²) in [5.74, 6) is 2.59. The fraction of sp³-hybridized carbons (Fsp3) is 0.417. The van der Waals surface area contributed by atoms with Crippen LogP contribution < -0.4 is 5.73 Å². The van der Waals surface area contributed by atoms with Crippen molar-refractivity contribution in [3.05, 3.63) is 35.4 Å². The molecule has 2 rings (SSSR count). The highest BCUT2D eigenvalue weighted by atomic mass is 32.2. The zero-order chi connectivity index (χ0) is 11.4. The number of nitrogens with two attached hydrogens (primary N) is 1. The predicted octanol–water partition coefficient (Wildman–Crippen LogP) is 1.52. The van der Waals surface area contributed by atoms with Gasteiger partial charge in [0.2, 0.25) is 0 Å². The summed E-state index contributed by atoms with van der Waals surface area (Å²) in [7, 11) is 0. The van der Waals surface area contributed by atoms with Crippen LogP contribution in [-0.2, 0) is 6.54 Å². The molecule has 0 aromatic heterocycles. The highest BCUT2D eigenvalue weighted by Gasteiger charge is 2.13. The first-order valence-corrected chi connectivity index (χ1v) is 6.65. The second-order valence-corrected chi connectivity index (χ2v) is 5.18. The van der Waals surface area contributed by atoms with Crippen LogP contribution in [0, 0.1) is 5.41 Å². The SMILES string of the molecule is N=C(N)c1ccccc1CN1CCSCC1. The largest absolute Gasteiger partial charge is 0.384 e. The van der Waals surface area contributed by atoms with Crippen LogP contribution in [0.25, 0.3) is 0 Å². The lowest BCUT2D eigenvalue weighted by Crippen LogP contribution is -2.32. The summed E-state index contributed by atoms with van der Waals surface area (Å²) >= 11 is 2.01. The van der Waals surface area contributed by atoms with Gasteiger partial charge in [-0.3, -0.25) is 10.3 Å². The molecular weight excluding hydrogens is 218 g/mol. The van der Waals surface area contributed by atoms with E-state index in [2.05, 4.69) is 11.0 Å². The highest BCUT2D eigenvalue weighted by molar-refractivity contribution is 7.99. The van der Waals surface area contributed by atoms with Gasteiger partial charge in [-0.25, -0.2) is 0 Å². The fourth-order valence-electron chi connectivity index (χ4n) is 1.92. The highest BCUT2D eigenvalue weighted by Crippen LogP contribution is 2.15. The van der Waals surface area contributed by atoms with Crippen molar-refractivity contribution in [1.82, 2.24) is 4.90 Å². The van der Waals surface area contributed by atoms with E-state index in [1.54, 1.807) is 0 Å². The lowest BCUT2D eigenvalue weighted by molar-refractivity contribution is 0.294. The van der Waals surface area contributed by atoms with E-state index in [0.717, 1.165) is 25.2 Å². The lowest BCUT2D eigenvalue weighted by Gasteiger charge is -2.26. The molecule has 0 spiro atoms. The van der Waals surface area contributed by atoms with E-state index in [9.17, 15) is 0 Å². The Morgan fingerprint density at radius 1 is 1.31 bits per heavy atom. The number of thioether (sulfide) groups is 1. The molecule has 1 saturated heterocycles. The number of nitrogens with one attached hydrogen (secondary N) is 1. The molecule has 4 heteroatoms. The van der Waals surface area contributed by atoms with Gasteiger partial charge in [0.25, 0.3) is 0 Å². The molecule has 1 fully saturated rings. The van der Waals surface area contributed by atoms with Gasteiger partial charge in [0.05, 0.1) is 0 Å². The van der Waals surface area contributed by atoms with Crippen LogP contribution in [-0.4, -0.2) is 35.3 Å². The first-order chi connectivity index (χ1) is 7.77. The van der Waals surface area contributed by atoms with Gasteiger partial charge in [0.15, 0.2) is 0 Å². The van der Waals surface area contributed by atoms with E-state index in [1.807, 2.05) is 30.0 Å². The molecule has 16 heavy (non-hydrogen) atoms. The minimum atomic E-state index is 0.169. The molecule has 0 atom stereocenters. The molecule has 0 aliphatic carbocycles. The molecule has 1 aliphatic rings. The number of amidine groups is 1. The van der Waals surface area contributed by atoms with E-state index >= 15 is 0 Å². The second kappa shape index (κ2) is 5.37. The minimum Gasteiger partial charge on any atom is -0.384 e. The third-order valence-electron chi connectivity index (χ3n) is 2.81. The molecule has 3 nitrogen and oxygen atoms in total. The second-order valence-electron chi connectivity index (χ2n) is 3.96. The standard InChI is InChI=1S/C12H17N3S/c13-12(14)11-4-2-1-3-10(11)9-15-5-7-16-8-6-15/h1-4H,5-9H2,(H3,13,14). The van der Waals surface area contributed by atoms with E-state index in [0.29, 0.717) is 0 Å². The molecule has 3 N–H and O–H groups in total. The molecule has 1 aromatic rings. The van der Waals surface area contributed by atoms with Gasteiger partial charge in [0, 0.05) is 36.7 Å². The maximum absolute atomic E-state index is 7.55. The number of hydrogen-bond acceptors (Lipinski definition) is 3. The third-order valence-corrected chi connectivity index (χ3v) is 3.75. The Morgan fingerprint density at radius 2 is 2.00 bits per heavy atom. The summed E-state index contributed by atoms with van der Waals surface area (Å²) in [6.07, 6.45) is 0. The van der Waals surface area contributed by atoms with Gasteiger partial charge in [-0.15, -0.1) is 0 Å². The first kappa shape index (κ1) is 11.5. The van der Waals surface area contributed by atoms with Crippen molar-refractivity contribution in [2.75, 3.05) is 24.6 Å². The van der Waals surface area contributed by atoms with Crippen molar-refractivity contribution in [1.29, 1.82) is 5.41 Å². The number of nitrogens with zero attached hydrogens (tertiary/aromatic N) is 1. The van der Waals surface area contributed by atoms with Crippen molar-refractivity contribution in [2.45, 2.75) is 6.54 Å². The van der Waals surface area contributed by atoms with Gasteiger partial charge in [-0.05, 0) is 5.56 Å². The van der Waals surface area contributed by atoms with Crippen LogP contribution in [0.1, 0.15) is 11.1 Å². The van der Waals surface area contributed by atoms with Gasteiger partial charge in [-0.2, -0.15) is 11.8 Å². The van der Waals surface area contributed by atoms with Gasteiger partial charge < -0.3 is 5.73 Å². The Bertz CT molecular complexity index is 372. The number of hydrogen-bond donors (Lipinski definition) is 2. The smallest absolute Gasteiger partial charge is 0.123 e. The van der Waals surface area contributed by atoms with Crippen molar-refractivity contribution >= 4 is 17.6 Å². The number of rotatable bonds is 3. The van der Waals surface area contributed by atoms with Crippen molar-refractivity contribution in [3.63, 3.8) is 0 Å². The summed E-state index contributed by atoms with van der Waals surface area (Å²) < 4.78 is 0. The molecule has 86 valence electrons. The topological polar surface area (TPSA) is 53.1 Å². The lowest BCUT2D eigenvalue weighted by atomic mass is 10.1. The summed E-state index contributed by atoms with van der Waals surface area (Å²) in [6, 6.07) is 7.95. The Labute approximate surface area is 101 Å². The Hall–Kier alpha value is -1.00. The van der Waals surface area contributed by atoms with Gasteiger partial charge in [0.1, 0.15) is 5.84 Å². The van der Waals surface area contributed by atoms with Gasteiger partial charge in [-0.1, -0.05) is 24.3 Å². The van der Waals surface area contributed by atoms with Crippen molar-refractivity contribution < 1.29 is 0 Å². The summed E-state index contributed by atoms with van der Waals surface area (Å²) in [6.45, 7) is 3.18. The van der Waals surface area contributed by atoms with Crippen LogP contribution in [0.3, 0.4) is 0 Å². The predicted molar refractivity (Wildman–Crippen MR) is 70.1 cm³/mol. The quantitative estimate of drug-likeness (QED) is 0.617. The summed E-state index contributed by atoms with van der Waals surface area (Å²) in [4.78, 5) is 2.43. The number of benzene rings is 1. The molecule has 1 aliphatic heterocycles. The van der Waals surface area contributed by atoms with Crippen LogP contribution >= 0.6 is 11.8 Å². The van der Waals surface area contributed by atoms with E-state index in [1.165, 1.54) is 17.1 Å². The fourth-order valence-corrected chi connectivity index (χ4v) is 2.90. The van der Waals surface area contributed by atoms with Crippen molar-refractivity contribution in [2.24, 2.45) is 5.73 Å². The molecule has 1 aromatic carbocycles. The normalized spacial score (nSPS) is 17.2. The van der Waals surface area contributed by atoms with Crippen LogP contribution in [0.5, 0.6) is 0 Å². The molecule has 1 heterocycles. The van der Waals surface area contributed by atoms with Crippen LogP contribution in [0.15, 0.2) is 24.3 Å². The van der Waals surface area contributed by atoms with E-state index < -0.39 is 0 Å². The monoisotopic (exact) mass is 235 g/mol. The number of nitrogen functional groups attached to an aromatic ring is 1. The Balaban J connectivity index is 2.10. The molecule has 0 bridgehead atoms. The zero-order valence-corrected chi connectivity index (χ0v) is 10.1. The molecule has 0 saturated carbocycles. The third kappa shape index (κ3) is 2.77. The van der Waals surface area contributed by atoms with E-state index in [-0.39, 0.29) is 5.84 Å². The Kier molecular flexibility index (Phi) is 3.85. The van der Waals surface area contributed by atoms with Crippen LogP contribution in [0.2, 0.25) is 0 Å². The summed E-state index contributed by atoms with van der Waals surface area (Å²) in [5, 5.41) is 7.55. The van der Waals surface area contributed by atoms with Gasteiger partial charge >= 0.3 is 0 Å². The summed E-state index contributed by atoms with van der Waals surface area (Å²) in [5.41, 5.74) is 7.62. The molecular formula is C12H17N3S. The molecule has 0 amide bonds. The maximum Gasteiger partial charge on any atom is 0.123 e. The maximum atomic E-state index is 7.55. The van der Waals surface area contributed by atoms with Crippen molar-refractivity contribution in [3.8, 4) is 0 Å². The Morgan fingerprint density at radius 3 is 2.69 bits per heavy atom. The average Bonchev–Trinajstić information content (AvgIpc) is 2.31. The minimum absolute atomic E-state index is 0.169. The average molecular weight is 235 g/mol. The van der Waals surface area contributed by atoms with E-state index in [4.69, 9.17) is 11.1 Å². The molecule has 0 unspecified atom stereocenters. The van der Waals surface area contributed by atoms with Crippen LogP contribution in [0.4, 0.5) is 0 Å². The molecule has 0 radical (unpaired) electrons. The zero-order valence-electron chi connectivity index (χ0n) is 9.28.